The third-order valence-corrected chi connectivity index (χ3v) is 4.20. The van der Waals surface area contributed by atoms with Crippen LogP contribution in [-0.4, -0.2) is 60.9 Å². The number of hydrogen-bond donors (Lipinski definition) is 1. The summed E-state index contributed by atoms with van der Waals surface area (Å²) in [6.07, 6.45) is 1.12. The van der Waals surface area contributed by atoms with Crippen LogP contribution < -0.4 is 5.32 Å². The van der Waals surface area contributed by atoms with Gasteiger partial charge in [-0.3, -0.25) is 19.4 Å². The number of amides is 2. The summed E-state index contributed by atoms with van der Waals surface area (Å²) in [5.74, 6) is -0.315. The minimum absolute atomic E-state index is 0. The lowest BCUT2D eigenvalue weighted by molar-refractivity contribution is 0.0640. The highest BCUT2D eigenvalue weighted by Crippen LogP contribution is 2.22. The van der Waals surface area contributed by atoms with Crippen LogP contribution in [0.1, 0.15) is 27.1 Å². The zero-order valence-electron chi connectivity index (χ0n) is 12.0. The van der Waals surface area contributed by atoms with Gasteiger partial charge in [-0.1, -0.05) is 12.1 Å². The summed E-state index contributed by atoms with van der Waals surface area (Å²) in [5, 5.41) is 3.26. The molecule has 1 unspecified atom stereocenters. The maximum Gasteiger partial charge on any atom is 0.261 e. The van der Waals surface area contributed by atoms with Gasteiger partial charge in [-0.15, -0.1) is 12.4 Å². The molecule has 0 bridgehead atoms. The molecule has 1 N–H and O–H groups in total. The number of benzene rings is 1. The van der Waals surface area contributed by atoms with E-state index < -0.39 is 0 Å². The summed E-state index contributed by atoms with van der Waals surface area (Å²) < 4.78 is 0. The molecule has 5 nitrogen and oxygen atoms in total. The quantitative estimate of drug-likeness (QED) is 0.843. The molecule has 2 aliphatic rings. The van der Waals surface area contributed by atoms with Gasteiger partial charge in [0.15, 0.2) is 0 Å². The summed E-state index contributed by atoms with van der Waals surface area (Å²) in [6.45, 7) is 3.24. The van der Waals surface area contributed by atoms with Gasteiger partial charge in [-0.25, -0.2) is 0 Å². The fraction of sp³-hybridized carbons (Fsp3) is 0.467. The van der Waals surface area contributed by atoms with Crippen LogP contribution in [0.4, 0.5) is 0 Å². The Kier molecular flexibility index (Phi) is 4.98. The standard InChI is InChI=1S/C15H19N3O2.ClH/c1-16-11-6-7-17(10-11)8-9-18-14(19)12-4-2-3-5-13(12)15(18)20;/h2-5,11,16H,6-10H2,1H3;1H. The molecule has 2 aliphatic heterocycles. The number of imide groups is 1. The first-order valence-electron chi connectivity index (χ1n) is 7.05. The summed E-state index contributed by atoms with van der Waals surface area (Å²) in [5.41, 5.74) is 1.07. The van der Waals surface area contributed by atoms with Crippen LogP contribution >= 0.6 is 12.4 Å². The second-order valence-electron chi connectivity index (χ2n) is 5.38. The molecule has 3 rings (SSSR count). The van der Waals surface area contributed by atoms with E-state index in [1.807, 2.05) is 7.05 Å². The van der Waals surface area contributed by atoms with Gasteiger partial charge in [0.2, 0.25) is 0 Å². The predicted molar refractivity (Wildman–Crippen MR) is 83.0 cm³/mol. The van der Waals surface area contributed by atoms with Crippen LogP contribution in [0.2, 0.25) is 0 Å². The van der Waals surface area contributed by atoms with Crippen LogP contribution in [0.5, 0.6) is 0 Å². The number of fused-ring (bicyclic) bond motifs is 1. The lowest BCUT2D eigenvalue weighted by atomic mass is 10.1. The molecule has 114 valence electrons. The van der Waals surface area contributed by atoms with Crippen molar-refractivity contribution in [3.63, 3.8) is 0 Å². The largest absolute Gasteiger partial charge is 0.316 e. The zero-order valence-corrected chi connectivity index (χ0v) is 12.9. The molecule has 1 saturated heterocycles. The molecule has 0 radical (unpaired) electrons. The third-order valence-electron chi connectivity index (χ3n) is 4.20. The number of nitrogens with zero attached hydrogens (tertiary/aromatic N) is 2. The Morgan fingerprint density at radius 1 is 1.14 bits per heavy atom. The number of carbonyl (C=O) groups is 2. The van der Waals surface area contributed by atoms with E-state index in [-0.39, 0.29) is 24.2 Å². The zero-order chi connectivity index (χ0) is 14.1. The second kappa shape index (κ2) is 6.56. The van der Waals surface area contributed by atoms with Gasteiger partial charge in [-0.05, 0) is 32.1 Å². The van der Waals surface area contributed by atoms with Crippen LogP contribution in [0.3, 0.4) is 0 Å². The molecule has 0 aromatic heterocycles. The third kappa shape index (κ3) is 2.95. The monoisotopic (exact) mass is 309 g/mol. The van der Waals surface area contributed by atoms with Crippen molar-refractivity contribution < 1.29 is 9.59 Å². The van der Waals surface area contributed by atoms with Crippen molar-refractivity contribution >= 4 is 24.2 Å². The average molecular weight is 310 g/mol. The molecule has 1 fully saturated rings. The maximum absolute atomic E-state index is 12.2. The van der Waals surface area contributed by atoms with E-state index in [2.05, 4.69) is 10.2 Å². The molecule has 1 aromatic carbocycles. The lowest BCUT2D eigenvalue weighted by Crippen LogP contribution is -2.38. The van der Waals surface area contributed by atoms with Crippen LogP contribution in [0.15, 0.2) is 24.3 Å². The number of nitrogens with one attached hydrogen (secondary N) is 1. The van der Waals surface area contributed by atoms with Crippen molar-refractivity contribution in [3.8, 4) is 0 Å². The SMILES string of the molecule is CNC1CCN(CCN2C(=O)c3ccccc3C2=O)C1.Cl. The number of halogens is 1. The van der Waals surface area contributed by atoms with Gasteiger partial charge >= 0.3 is 0 Å². The average Bonchev–Trinajstić information content (AvgIpc) is 3.03. The first-order valence-corrected chi connectivity index (χ1v) is 7.05. The highest BCUT2D eigenvalue weighted by molar-refractivity contribution is 6.21. The highest BCUT2D eigenvalue weighted by atomic mass is 35.5. The topological polar surface area (TPSA) is 52.6 Å². The molecule has 0 spiro atoms. The summed E-state index contributed by atoms with van der Waals surface area (Å²) in [7, 11) is 1.97. The smallest absolute Gasteiger partial charge is 0.261 e. The molecule has 0 aliphatic carbocycles. The molecule has 0 saturated carbocycles. The number of hydrogen-bond acceptors (Lipinski definition) is 4. The fourth-order valence-electron chi connectivity index (χ4n) is 2.96. The van der Waals surface area contributed by atoms with Gasteiger partial charge in [0, 0.05) is 25.7 Å². The summed E-state index contributed by atoms with van der Waals surface area (Å²) in [6, 6.07) is 7.57. The molecule has 1 atom stereocenters. The molecular weight excluding hydrogens is 290 g/mol. The van der Waals surface area contributed by atoms with Gasteiger partial charge in [0.1, 0.15) is 0 Å². The van der Waals surface area contributed by atoms with Gasteiger partial charge in [0.05, 0.1) is 11.1 Å². The van der Waals surface area contributed by atoms with E-state index in [9.17, 15) is 9.59 Å². The van der Waals surface area contributed by atoms with E-state index in [0.717, 1.165) is 26.1 Å². The molecule has 2 heterocycles. The number of rotatable bonds is 4. The van der Waals surface area contributed by atoms with E-state index >= 15 is 0 Å². The maximum atomic E-state index is 12.2. The van der Waals surface area contributed by atoms with E-state index in [1.165, 1.54) is 4.90 Å². The minimum atomic E-state index is -0.157. The molecule has 21 heavy (non-hydrogen) atoms. The van der Waals surface area contributed by atoms with Crippen LogP contribution in [-0.2, 0) is 0 Å². The van der Waals surface area contributed by atoms with Crippen molar-refractivity contribution in [2.24, 2.45) is 0 Å². The normalized spacial score (nSPS) is 21.6. The molecule has 6 heteroatoms. The molecule has 1 aromatic rings. The highest BCUT2D eigenvalue weighted by Gasteiger charge is 2.35. The summed E-state index contributed by atoms with van der Waals surface area (Å²) in [4.78, 5) is 28.1. The summed E-state index contributed by atoms with van der Waals surface area (Å²) >= 11 is 0. The van der Waals surface area contributed by atoms with Crippen molar-refractivity contribution in [2.75, 3.05) is 33.2 Å². The van der Waals surface area contributed by atoms with Crippen molar-refractivity contribution in [3.05, 3.63) is 35.4 Å². The van der Waals surface area contributed by atoms with Crippen LogP contribution in [0.25, 0.3) is 0 Å². The Morgan fingerprint density at radius 3 is 2.29 bits per heavy atom. The van der Waals surface area contributed by atoms with Crippen molar-refractivity contribution in [1.82, 2.24) is 15.1 Å². The Hall–Kier alpha value is -1.43. The number of likely N-dealkylation sites (tertiary alicyclic amines) is 1. The van der Waals surface area contributed by atoms with Crippen molar-refractivity contribution in [1.29, 1.82) is 0 Å². The van der Waals surface area contributed by atoms with E-state index in [4.69, 9.17) is 0 Å². The van der Waals surface area contributed by atoms with E-state index in [1.54, 1.807) is 24.3 Å². The Bertz CT molecular complexity index is 514. The van der Waals surface area contributed by atoms with Gasteiger partial charge in [0.25, 0.3) is 11.8 Å². The lowest BCUT2D eigenvalue weighted by Gasteiger charge is -2.20. The first-order chi connectivity index (χ1) is 9.70. The Labute approximate surface area is 130 Å². The first kappa shape index (κ1) is 15.9. The Balaban J connectivity index is 0.00000161. The fourth-order valence-corrected chi connectivity index (χ4v) is 2.96. The minimum Gasteiger partial charge on any atom is -0.316 e. The van der Waals surface area contributed by atoms with Crippen LogP contribution in [0, 0.1) is 0 Å². The van der Waals surface area contributed by atoms with E-state index in [0.29, 0.717) is 23.7 Å². The number of likely N-dealkylation sites (N-methyl/N-ethyl adjacent to an activating group) is 1. The van der Waals surface area contributed by atoms with Gasteiger partial charge < -0.3 is 5.32 Å². The molecule has 2 amide bonds. The van der Waals surface area contributed by atoms with Crippen molar-refractivity contribution in [2.45, 2.75) is 12.5 Å². The Morgan fingerprint density at radius 2 is 1.76 bits per heavy atom. The van der Waals surface area contributed by atoms with Gasteiger partial charge in [-0.2, -0.15) is 0 Å². The second-order valence-corrected chi connectivity index (χ2v) is 5.38. The predicted octanol–water partition coefficient (Wildman–Crippen LogP) is 0.998. The number of carbonyl (C=O) groups excluding carboxylic acids is 2. The molecular formula is C15H20ClN3O2.